The van der Waals surface area contributed by atoms with Gasteiger partial charge in [0.05, 0.1) is 0 Å². The number of carbonyl (C=O) groups is 1. The third-order valence-electron chi connectivity index (χ3n) is 0. The molecule has 4 N–H and O–H groups in total. The van der Waals surface area contributed by atoms with E-state index in [-0.39, 0.29) is 22.6 Å². The smallest absolute Gasteiger partial charge is 0.0275 e. The molecule has 0 amide bonds. The molecule has 3 nitrogen and oxygen atoms in total. The van der Waals surface area contributed by atoms with E-state index in [1.54, 1.807) is 0 Å². The van der Waals surface area contributed by atoms with Crippen molar-refractivity contribution in [3.05, 3.63) is 0 Å². The van der Waals surface area contributed by atoms with Gasteiger partial charge < -0.3 is 16.1 Å². The van der Waals surface area contributed by atoms with Gasteiger partial charge in [-0.05, 0) is 0 Å². The molecule has 0 radical (unpaired) electrons. The molecular weight excluding hydrogens is 117 g/mol. The van der Waals surface area contributed by atoms with Crippen molar-refractivity contribution in [2.24, 2.45) is 0 Å². The number of hydrogen-bond acceptors (Lipinski definition) is 2. The van der Waals surface area contributed by atoms with E-state index >= 15 is 0 Å². The van der Waals surface area contributed by atoms with Crippen molar-refractivity contribution in [1.82, 2.24) is 6.15 Å². The summed E-state index contributed by atoms with van der Waals surface area (Å²) >= 11 is 0. The molecule has 0 fully saturated rings. The van der Waals surface area contributed by atoms with Gasteiger partial charge in [0.15, 0.2) is 0 Å². The number of carboxylic acid groups (broad SMARTS) is 1. The second-order valence-corrected chi connectivity index (χ2v) is 0.0962. The molecule has 0 aromatic rings. The van der Waals surface area contributed by atoms with Gasteiger partial charge in [-0.1, -0.05) is 0 Å². The number of hydrogen-bond donors (Lipinski definition) is 1. The minimum atomic E-state index is -0.500. The summed E-state index contributed by atoms with van der Waals surface area (Å²) in [6, 6.07) is 0. The minimum absolute atomic E-state index is 0. The van der Waals surface area contributed by atoms with Crippen LogP contribution in [0.1, 0.15) is 0 Å². The molecule has 0 atom stereocenters. The Morgan fingerprint density at radius 3 is 1.60 bits per heavy atom. The maximum Gasteiger partial charge on any atom is 0.0275 e. The fourth-order valence-corrected chi connectivity index (χ4v) is 0. The van der Waals surface area contributed by atoms with Gasteiger partial charge in [-0.25, -0.2) is 0 Å². The summed E-state index contributed by atoms with van der Waals surface area (Å²) in [5.74, 6) is 0. The van der Waals surface area contributed by atoms with Gasteiger partial charge in [-0.3, -0.25) is 0 Å². The molecule has 0 aromatic carbocycles. The van der Waals surface area contributed by atoms with E-state index in [1.807, 2.05) is 0 Å². The Balaban J connectivity index is -0.0000000200. The fourth-order valence-electron chi connectivity index (χ4n) is 0. The van der Waals surface area contributed by atoms with E-state index in [9.17, 15) is 0 Å². The van der Waals surface area contributed by atoms with E-state index in [1.165, 1.54) is 0 Å². The van der Waals surface area contributed by atoms with Crippen molar-refractivity contribution in [1.29, 1.82) is 0 Å². The fraction of sp³-hybridized carbons (Fsp3) is 0. The molecule has 4 heteroatoms. The predicted octanol–water partition coefficient (Wildman–Crippen LogP) is -1.26. The van der Waals surface area contributed by atoms with Crippen molar-refractivity contribution in [3.63, 3.8) is 0 Å². The van der Waals surface area contributed by atoms with Crippen LogP contribution in [0, 0.1) is 0 Å². The Hall–Kier alpha value is -0.0765. The van der Waals surface area contributed by atoms with Crippen molar-refractivity contribution < 1.29 is 26.4 Å². The SMILES string of the molecule is O=C[O-].[NH4+].[Ni]. The van der Waals surface area contributed by atoms with E-state index in [0.29, 0.717) is 0 Å². The van der Waals surface area contributed by atoms with Crippen LogP contribution in [0.5, 0.6) is 0 Å². The molecule has 0 aliphatic carbocycles. The molecule has 0 heterocycles. The van der Waals surface area contributed by atoms with Crippen LogP contribution in [0.15, 0.2) is 0 Å². The first kappa shape index (κ1) is 20.5. The monoisotopic (exact) mass is 121 g/mol. The second kappa shape index (κ2) is 39.3. The molecule has 0 aliphatic heterocycles. The van der Waals surface area contributed by atoms with E-state index in [2.05, 4.69) is 0 Å². The molecule has 36 valence electrons. The Labute approximate surface area is 39.9 Å². The van der Waals surface area contributed by atoms with Crippen LogP contribution < -0.4 is 11.3 Å². The van der Waals surface area contributed by atoms with Crippen LogP contribution in [-0.2, 0) is 21.3 Å². The molecule has 0 aliphatic rings. The molecule has 0 saturated heterocycles. The van der Waals surface area contributed by atoms with E-state index in [4.69, 9.17) is 9.90 Å². The molecule has 0 bridgehead atoms. The minimum Gasteiger partial charge on any atom is -0.554 e. The summed E-state index contributed by atoms with van der Waals surface area (Å²) in [4.78, 5) is 8.25. The summed E-state index contributed by atoms with van der Waals surface area (Å²) in [6.45, 7) is -0.500. The quantitative estimate of drug-likeness (QED) is 0.321. The van der Waals surface area contributed by atoms with Crippen LogP contribution >= 0.6 is 0 Å². The number of rotatable bonds is 0. The van der Waals surface area contributed by atoms with Crippen molar-refractivity contribution >= 4 is 6.47 Å². The van der Waals surface area contributed by atoms with Gasteiger partial charge in [0, 0.05) is 23.0 Å². The average Bonchev–Trinajstić information content (AvgIpc) is 0.918. The zero-order chi connectivity index (χ0) is 2.71. The first-order valence-electron chi connectivity index (χ1n) is 0.471. The Kier molecular flexibility index (Phi) is 161. The third-order valence-corrected chi connectivity index (χ3v) is 0. The summed E-state index contributed by atoms with van der Waals surface area (Å²) in [6.07, 6.45) is 0. The number of carbonyl (C=O) groups excluding carboxylic acids is 1. The second-order valence-electron chi connectivity index (χ2n) is 0.0962. The Morgan fingerprint density at radius 1 is 1.60 bits per heavy atom. The van der Waals surface area contributed by atoms with Crippen LogP contribution in [-0.4, -0.2) is 6.47 Å². The average molecular weight is 122 g/mol. The Bertz CT molecular complexity index is 17.1. The summed E-state index contributed by atoms with van der Waals surface area (Å²) in [7, 11) is 0. The van der Waals surface area contributed by atoms with Gasteiger partial charge in [0.2, 0.25) is 0 Å². The summed E-state index contributed by atoms with van der Waals surface area (Å²) in [5.41, 5.74) is 0. The first-order chi connectivity index (χ1) is 1.41. The van der Waals surface area contributed by atoms with Gasteiger partial charge >= 0.3 is 0 Å². The Morgan fingerprint density at radius 2 is 1.60 bits per heavy atom. The van der Waals surface area contributed by atoms with E-state index in [0.717, 1.165) is 0 Å². The molecule has 5 heavy (non-hydrogen) atoms. The van der Waals surface area contributed by atoms with Crippen LogP contribution in [0.25, 0.3) is 0 Å². The van der Waals surface area contributed by atoms with Gasteiger partial charge in [0.1, 0.15) is 0 Å². The predicted molar refractivity (Wildman–Crippen MR) is 12.0 cm³/mol. The maximum absolute atomic E-state index is 8.25. The largest absolute Gasteiger partial charge is 0.554 e. The van der Waals surface area contributed by atoms with Gasteiger partial charge in [-0.2, -0.15) is 0 Å². The van der Waals surface area contributed by atoms with Crippen molar-refractivity contribution in [2.75, 3.05) is 0 Å². The summed E-state index contributed by atoms with van der Waals surface area (Å²) < 4.78 is 0. The van der Waals surface area contributed by atoms with Crippen LogP contribution in [0.4, 0.5) is 0 Å². The van der Waals surface area contributed by atoms with Gasteiger partial charge in [-0.15, -0.1) is 0 Å². The molecule has 0 spiro atoms. The molecule has 0 saturated carbocycles. The zero-order valence-corrected chi connectivity index (χ0v) is 3.70. The molecule has 0 rings (SSSR count). The standard InChI is InChI=1S/CH2O2.H3N.Ni/c2-1-3;;/h1H,(H,2,3);1H3;. The zero-order valence-electron chi connectivity index (χ0n) is 2.71. The molecule has 0 unspecified atom stereocenters. The first-order valence-corrected chi connectivity index (χ1v) is 0.471. The number of quaternary nitrogens is 1. The van der Waals surface area contributed by atoms with Crippen molar-refractivity contribution in [2.45, 2.75) is 0 Å². The molecular formula is CH5NNiO2. The van der Waals surface area contributed by atoms with Crippen molar-refractivity contribution in [3.8, 4) is 0 Å². The third kappa shape index (κ3) is 2480. The van der Waals surface area contributed by atoms with Crippen LogP contribution in [0.2, 0.25) is 0 Å². The van der Waals surface area contributed by atoms with E-state index < -0.39 is 6.47 Å². The molecule has 0 aromatic heterocycles. The van der Waals surface area contributed by atoms with Crippen LogP contribution in [0.3, 0.4) is 0 Å². The normalized spacial score (nSPS) is 2.40. The topological polar surface area (TPSA) is 76.6 Å². The summed E-state index contributed by atoms with van der Waals surface area (Å²) in [5, 5.41) is 8.25. The maximum atomic E-state index is 8.25. The van der Waals surface area contributed by atoms with Gasteiger partial charge in [0.25, 0.3) is 0 Å².